The first-order valence-electron chi connectivity index (χ1n) is 5.48. The van der Waals surface area contributed by atoms with Gasteiger partial charge in [0.05, 0.1) is 0 Å². The molecule has 1 aliphatic carbocycles. The second kappa shape index (κ2) is 4.50. The van der Waals surface area contributed by atoms with Gasteiger partial charge in [-0.25, -0.2) is 0 Å². The van der Waals surface area contributed by atoms with Crippen LogP contribution in [0.1, 0.15) is 33.1 Å². The Bertz CT molecular complexity index is 187. The Hall–Kier alpha value is 1.05. The van der Waals surface area contributed by atoms with Crippen LogP contribution in [0.4, 0.5) is 0 Å². The summed E-state index contributed by atoms with van der Waals surface area (Å²) in [5, 5.41) is 2.00. The number of hydrogen-bond donors (Lipinski definition) is 1. The van der Waals surface area contributed by atoms with Crippen LogP contribution < -0.4 is 0 Å². The molecule has 82 valence electrons. The van der Waals surface area contributed by atoms with Gasteiger partial charge >= 0.3 is 0 Å². The molecule has 1 unspecified atom stereocenters. The van der Waals surface area contributed by atoms with E-state index in [9.17, 15) is 0 Å². The molecule has 0 spiro atoms. The molecule has 0 aromatic heterocycles. The van der Waals surface area contributed by atoms with Gasteiger partial charge in [0.2, 0.25) is 0 Å². The Morgan fingerprint density at radius 1 is 1.43 bits per heavy atom. The molecule has 0 radical (unpaired) electrons. The van der Waals surface area contributed by atoms with Crippen LogP contribution in [0.25, 0.3) is 0 Å². The molecular weight excluding hydrogens is 228 g/mol. The van der Waals surface area contributed by atoms with Crippen molar-refractivity contribution in [2.24, 2.45) is 5.92 Å². The third kappa shape index (κ3) is 3.90. The van der Waals surface area contributed by atoms with Gasteiger partial charge in [0.25, 0.3) is 0 Å². The van der Waals surface area contributed by atoms with Gasteiger partial charge in [-0.1, -0.05) is 13.8 Å². The van der Waals surface area contributed by atoms with E-state index in [1.54, 1.807) is 0 Å². The summed E-state index contributed by atoms with van der Waals surface area (Å²) in [6.07, 6.45) is 4.20. The summed E-state index contributed by atoms with van der Waals surface area (Å²) >= 11 is 8.94. The number of rotatable bonds is 5. The van der Waals surface area contributed by atoms with E-state index in [2.05, 4.69) is 50.0 Å². The number of thiol groups is 1. The highest BCUT2D eigenvalue weighted by Crippen LogP contribution is 2.44. The lowest BCUT2D eigenvalue weighted by atomic mass is 9.79. The van der Waals surface area contributed by atoms with Crippen LogP contribution in [-0.2, 0) is 0 Å². The summed E-state index contributed by atoms with van der Waals surface area (Å²) in [7, 11) is 0. The van der Waals surface area contributed by atoms with Crippen molar-refractivity contribution in [1.29, 1.82) is 0 Å². The van der Waals surface area contributed by atoms with Gasteiger partial charge < -0.3 is 0 Å². The highest BCUT2D eigenvalue weighted by Gasteiger charge is 2.34. The van der Waals surface area contributed by atoms with Gasteiger partial charge in [-0.05, 0) is 25.2 Å². The third-order valence-corrected chi connectivity index (χ3v) is 5.72. The van der Waals surface area contributed by atoms with Crippen LogP contribution in [0.15, 0.2) is 0 Å². The van der Waals surface area contributed by atoms with Crippen LogP contribution >= 0.6 is 36.2 Å². The maximum Gasteiger partial charge on any atom is 0.0229 e. The molecule has 1 atom stereocenters. The maximum absolute atomic E-state index is 4.60. The van der Waals surface area contributed by atoms with Crippen molar-refractivity contribution in [3.63, 3.8) is 0 Å². The average Bonchev–Trinajstić information content (AvgIpc) is 2.74. The van der Waals surface area contributed by atoms with Crippen molar-refractivity contribution >= 4 is 36.2 Å². The first-order chi connectivity index (χ1) is 6.53. The monoisotopic (exact) mass is 248 g/mol. The van der Waals surface area contributed by atoms with Crippen LogP contribution in [0.3, 0.4) is 0 Å². The molecule has 14 heavy (non-hydrogen) atoms. The molecule has 1 saturated heterocycles. The fraction of sp³-hybridized carbons (Fsp3) is 1.00. The van der Waals surface area contributed by atoms with E-state index in [1.807, 2.05) is 0 Å². The molecule has 2 fully saturated rings. The topological polar surface area (TPSA) is 0 Å². The molecule has 1 aliphatic heterocycles. The van der Waals surface area contributed by atoms with Crippen molar-refractivity contribution < 1.29 is 0 Å². The van der Waals surface area contributed by atoms with E-state index >= 15 is 0 Å². The van der Waals surface area contributed by atoms with E-state index < -0.39 is 0 Å². The second-order valence-electron chi connectivity index (χ2n) is 5.26. The van der Waals surface area contributed by atoms with Gasteiger partial charge in [0.1, 0.15) is 0 Å². The normalized spacial score (nSPS) is 36.6. The Balaban J connectivity index is 1.54. The summed E-state index contributed by atoms with van der Waals surface area (Å²) in [6, 6.07) is 0. The van der Waals surface area contributed by atoms with Crippen LogP contribution in [0, 0.1) is 5.92 Å². The third-order valence-electron chi connectivity index (χ3n) is 2.90. The maximum atomic E-state index is 4.60. The Kier molecular flexibility index (Phi) is 3.71. The highest BCUT2D eigenvalue weighted by atomic mass is 32.2. The zero-order chi connectivity index (χ0) is 10.2. The molecule has 3 heteroatoms. The number of hydrogen-bond acceptors (Lipinski definition) is 3. The van der Waals surface area contributed by atoms with Crippen molar-refractivity contribution in [3.05, 3.63) is 0 Å². The van der Waals surface area contributed by atoms with Gasteiger partial charge in [0, 0.05) is 26.8 Å². The van der Waals surface area contributed by atoms with E-state index in [-0.39, 0.29) is 4.75 Å². The summed E-state index contributed by atoms with van der Waals surface area (Å²) in [5.41, 5.74) is 0. The Morgan fingerprint density at radius 2 is 2.07 bits per heavy atom. The standard InChI is InChI=1S/C11H20S3/c1-11(2,12)5-8-3-9(4-8)13-6-10-7-14-10/h8-10,12H,3-7H2,1-2H3. The summed E-state index contributed by atoms with van der Waals surface area (Å²) in [5.74, 6) is 3.80. The minimum atomic E-state index is 0.243. The minimum Gasteiger partial charge on any atom is -0.173 e. The SMILES string of the molecule is CC(C)(S)CC1CC(SCC2CS2)C1. The molecule has 0 aromatic carbocycles. The lowest BCUT2D eigenvalue weighted by molar-refractivity contribution is 0.287. The number of thioether (sulfide) groups is 2. The Morgan fingerprint density at radius 3 is 2.57 bits per heavy atom. The largest absolute Gasteiger partial charge is 0.173 e. The molecule has 1 heterocycles. The zero-order valence-corrected chi connectivity index (χ0v) is 11.6. The molecule has 2 aliphatic rings. The summed E-state index contributed by atoms with van der Waals surface area (Å²) < 4.78 is 0.243. The smallest absolute Gasteiger partial charge is 0.0229 e. The van der Waals surface area contributed by atoms with Crippen molar-refractivity contribution in [3.8, 4) is 0 Å². The molecule has 0 bridgehead atoms. The van der Waals surface area contributed by atoms with Crippen molar-refractivity contribution in [1.82, 2.24) is 0 Å². The predicted molar refractivity (Wildman–Crippen MR) is 72.9 cm³/mol. The van der Waals surface area contributed by atoms with Crippen LogP contribution in [0.2, 0.25) is 0 Å². The van der Waals surface area contributed by atoms with Crippen molar-refractivity contribution in [2.45, 2.75) is 48.4 Å². The molecular formula is C11H20S3. The molecule has 1 saturated carbocycles. The summed E-state index contributed by atoms with van der Waals surface area (Å²) in [4.78, 5) is 0. The van der Waals surface area contributed by atoms with Crippen LogP contribution in [0.5, 0.6) is 0 Å². The van der Waals surface area contributed by atoms with E-state index in [1.165, 1.54) is 30.8 Å². The van der Waals surface area contributed by atoms with E-state index in [4.69, 9.17) is 0 Å². The lowest BCUT2D eigenvalue weighted by Gasteiger charge is -2.38. The van der Waals surface area contributed by atoms with Crippen molar-refractivity contribution in [2.75, 3.05) is 11.5 Å². The molecule has 0 amide bonds. The average molecular weight is 248 g/mol. The second-order valence-corrected chi connectivity index (χ2v) is 9.14. The van der Waals surface area contributed by atoms with Gasteiger partial charge in [-0.3, -0.25) is 0 Å². The molecule has 0 aromatic rings. The highest BCUT2D eigenvalue weighted by molar-refractivity contribution is 8.08. The van der Waals surface area contributed by atoms with E-state index in [0.29, 0.717) is 0 Å². The summed E-state index contributed by atoms with van der Waals surface area (Å²) in [6.45, 7) is 4.47. The molecule has 0 N–H and O–H groups in total. The zero-order valence-electron chi connectivity index (χ0n) is 9.03. The quantitative estimate of drug-likeness (QED) is 0.582. The van der Waals surface area contributed by atoms with E-state index in [0.717, 1.165) is 16.4 Å². The molecule has 2 rings (SSSR count). The van der Waals surface area contributed by atoms with Gasteiger partial charge in [0.15, 0.2) is 0 Å². The fourth-order valence-corrected chi connectivity index (χ4v) is 4.79. The first-order valence-corrected chi connectivity index (χ1v) is 8.03. The lowest BCUT2D eigenvalue weighted by Crippen LogP contribution is -2.31. The fourth-order valence-electron chi connectivity index (χ4n) is 2.09. The molecule has 0 nitrogen and oxygen atoms in total. The predicted octanol–water partition coefficient (Wildman–Crippen LogP) is 3.71. The minimum absolute atomic E-state index is 0.243. The van der Waals surface area contributed by atoms with Gasteiger partial charge in [-0.15, -0.1) is 0 Å². The van der Waals surface area contributed by atoms with Gasteiger partial charge in [-0.2, -0.15) is 36.2 Å². The first kappa shape index (κ1) is 11.5. The Labute approximate surface area is 102 Å². The van der Waals surface area contributed by atoms with Crippen LogP contribution in [-0.4, -0.2) is 26.8 Å².